The summed E-state index contributed by atoms with van der Waals surface area (Å²) in [4.78, 5) is 9.52. The van der Waals surface area contributed by atoms with Crippen LogP contribution in [0.2, 0.25) is 0 Å². The number of hydrogen-bond donors (Lipinski definition) is 2. The summed E-state index contributed by atoms with van der Waals surface area (Å²) >= 11 is 0. The SMILES string of the molecule is CCc1ccnc2c1nc(CC)n2Cc1ccc(-c2ccccc2-c2nnn[nH]2)cc1.N. The van der Waals surface area contributed by atoms with Gasteiger partial charge in [-0.05, 0) is 45.2 Å². The second-order valence-electron chi connectivity index (χ2n) is 7.46. The van der Waals surface area contributed by atoms with E-state index in [4.69, 9.17) is 4.98 Å². The lowest BCUT2D eigenvalue weighted by Crippen LogP contribution is -2.05. The van der Waals surface area contributed by atoms with Gasteiger partial charge in [0.15, 0.2) is 11.5 Å². The van der Waals surface area contributed by atoms with Gasteiger partial charge in [-0.2, -0.15) is 0 Å². The van der Waals surface area contributed by atoms with E-state index in [1.165, 1.54) is 11.1 Å². The topological polar surface area (TPSA) is 120 Å². The van der Waals surface area contributed by atoms with Gasteiger partial charge < -0.3 is 10.7 Å². The van der Waals surface area contributed by atoms with E-state index >= 15 is 0 Å². The molecule has 0 spiro atoms. The van der Waals surface area contributed by atoms with Crippen LogP contribution in [0.3, 0.4) is 0 Å². The average Bonchev–Trinajstić information content (AvgIpc) is 3.48. The Morgan fingerprint density at radius 1 is 0.906 bits per heavy atom. The van der Waals surface area contributed by atoms with E-state index in [9.17, 15) is 0 Å². The number of aromatic amines is 1. The van der Waals surface area contributed by atoms with Crippen molar-refractivity contribution in [3.8, 4) is 22.5 Å². The molecule has 5 rings (SSSR count). The number of H-pyrrole nitrogens is 1. The molecule has 162 valence electrons. The van der Waals surface area contributed by atoms with Crippen LogP contribution in [0.4, 0.5) is 0 Å². The van der Waals surface area contributed by atoms with Gasteiger partial charge in [-0.25, -0.2) is 15.1 Å². The third-order valence-corrected chi connectivity index (χ3v) is 5.63. The zero-order chi connectivity index (χ0) is 21.2. The lowest BCUT2D eigenvalue weighted by molar-refractivity contribution is 0.746. The van der Waals surface area contributed by atoms with Gasteiger partial charge in [-0.15, -0.1) is 5.10 Å². The van der Waals surface area contributed by atoms with E-state index in [0.29, 0.717) is 5.82 Å². The molecule has 0 amide bonds. The summed E-state index contributed by atoms with van der Waals surface area (Å²) in [5.41, 5.74) is 7.62. The predicted octanol–water partition coefficient (Wildman–Crippen LogP) is 4.61. The van der Waals surface area contributed by atoms with E-state index < -0.39 is 0 Å². The molecule has 0 radical (unpaired) electrons. The quantitative estimate of drug-likeness (QED) is 0.409. The maximum Gasteiger partial charge on any atom is 0.180 e. The normalized spacial score (nSPS) is 10.9. The highest BCUT2D eigenvalue weighted by molar-refractivity contribution is 5.80. The van der Waals surface area contributed by atoms with Crippen molar-refractivity contribution in [1.29, 1.82) is 0 Å². The fourth-order valence-electron chi connectivity index (χ4n) is 4.02. The minimum atomic E-state index is 0. The maximum atomic E-state index is 4.88. The summed E-state index contributed by atoms with van der Waals surface area (Å²) in [6, 6.07) is 18.8. The van der Waals surface area contributed by atoms with Crippen LogP contribution in [-0.2, 0) is 19.4 Å². The number of pyridine rings is 1. The number of tetrazole rings is 1. The molecule has 0 saturated carbocycles. The van der Waals surface area contributed by atoms with Crippen molar-refractivity contribution in [2.45, 2.75) is 33.2 Å². The second-order valence-corrected chi connectivity index (χ2v) is 7.46. The number of hydrogen-bond acceptors (Lipinski definition) is 6. The fraction of sp³-hybridized carbons (Fsp3) is 0.208. The Kier molecular flexibility index (Phi) is 6.04. The van der Waals surface area contributed by atoms with Gasteiger partial charge in [0.05, 0.1) is 6.54 Å². The Hall–Kier alpha value is -3.91. The first-order chi connectivity index (χ1) is 15.3. The van der Waals surface area contributed by atoms with Gasteiger partial charge in [-0.3, -0.25) is 0 Å². The smallest absolute Gasteiger partial charge is 0.180 e. The van der Waals surface area contributed by atoms with Gasteiger partial charge in [0.2, 0.25) is 0 Å². The lowest BCUT2D eigenvalue weighted by atomic mass is 9.98. The molecule has 2 aromatic carbocycles. The van der Waals surface area contributed by atoms with E-state index in [2.05, 4.69) is 80.4 Å². The van der Waals surface area contributed by atoms with E-state index in [-0.39, 0.29) is 6.15 Å². The van der Waals surface area contributed by atoms with Crippen LogP contribution in [0.5, 0.6) is 0 Å². The number of aromatic nitrogens is 7. The first kappa shape index (κ1) is 21.3. The Bertz CT molecular complexity index is 1320. The zero-order valence-electron chi connectivity index (χ0n) is 18.3. The molecule has 32 heavy (non-hydrogen) atoms. The van der Waals surface area contributed by atoms with Crippen molar-refractivity contribution in [1.82, 2.24) is 41.3 Å². The number of imidazole rings is 1. The first-order valence-electron chi connectivity index (χ1n) is 10.5. The van der Waals surface area contributed by atoms with Gasteiger partial charge in [0, 0.05) is 18.2 Å². The van der Waals surface area contributed by atoms with Crippen LogP contribution in [-0.4, -0.2) is 35.2 Å². The molecule has 4 N–H and O–H groups in total. The summed E-state index contributed by atoms with van der Waals surface area (Å²) in [7, 11) is 0. The summed E-state index contributed by atoms with van der Waals surface area (Å²) in [5, 5.41) is 14.3. The number of fused-ring (bicyclic) bond motifs is 1. The summed E-state index contributed by atoms with van der Waals surface area (Å²) in [6.45, 7) is 5.04. The second kappa shape index (κ2) is 9.07. The standard InChI is InChI=1S/C24H23N7.H3N/c1-3-17-13-14-25-24-22(17)26-21(4-2)31(24)15-16-9-11-18(12-10-16)19-7-5-6-8-20(19)23-27-29-30-28-23;/h5-14H,3-4,15H2,1-2H3,(H,27,28,29,30);1H3. The van der Waals surface area contributed by atoms with Crippen molar-refractivity contribution < 1.29 is 0 Å². The fourth-order valence-corrected chi connectivity index (χ4v) is 4.02. The molecule has 0 fully saturated rings. The zero-order valence-corrected chi connectivity index (χ0v) is 18.3. The van der Waals surface area contributed by atoms with Crippen LogP contribution in [0.1, 0.15) is 30.8 Å². The number of benzene rings is 2. The van der Waals surface area contributed by atoms with Crippen LogP contribution in [0, 0.1) is 0 Å². The molecule has 0 aliphatic carbocycles. The molecule has 0 unspecified atom stereocenters. The van der Waals surface area contributed by atoms with E-state index in [1.807, 2.05) is 24.4 Å². The molecule has 0 saturated heterocycles. The lowest BCUT2D eigenvalue weighted by Gasteiger charge is -2.10. The first-order valence-corrected chi connectivity index (χ1v) is 10.5. The summed E-state index contributed by atoms with van der Waals surface area (Å²) in [5.74, 6) is 1.73. The Labute approximate surface area is 186 Å². The molecule has 3 heterocycles. The van der Waals surface area contributed by atoms with E-state index in [1.54, 1.807) is 0 Å². The van der Waals surface area contributed by atoms with Crippen molar-refractivity contribution in [3.63, 3.8) is 0 Å². The number of nitrogens with one attached hydrogen (secondary N) is 1. The molecule has 0 aliphatic heterocycles. The molecule has 5 aromatic rings. The molecule has 3 aromatic heterocycles. The monoisotopic (exact) mass is 426 g/mol. The van der Waals surface area contributed by atoms with Gasteiger partial charge in [0.25, 0.3) is 0 Å². The van der Waals surface area contributed by atoms with Crippen LogP contribution in [0.25, 0.3) is 33.7 Å². The summed E-state index contributed by atoms with van der Waals surface area (Å²) < 4.78 is 2.23. The highest BCUT2D eigenvalue weighted by atomic mass is 15.5. The largest absolute Gasteiger partial charge is 0.344 e. The van der Waals surface area contributed by atoms with Crippen molar-refractivity contribution in [2.75, 3.05) is 0 Å². The minimum absolute atomic E-state index is 0. The number of aryl methyl sites for hydroxylation is 2. The van der Waals surface area contributed by atoms with Gasteiger partial charge >= 0.3 is 0 Å². The van der Waals surface area contributed by atoms with Crippen molar-refractivity contribution in [2.24, 2.45) is 0 Å². The molecule has 0 atom stereocenters. The number of nitrogens with zero attached hydrogens (tertiary/aromatic N) is 6. The molecule has 0 bridgehead atoms. The molecule has 0 aliphatic rings. The predicted molar refractivity (Wildman–Crippen MR) is 125 cm³/mol. The van der Waals surface area contributed by atoms with E-state index in [0.717, 1.165) is 53.1 Å². The number of rotatable bonds is 6. The molecular weight excluding hydrogens is 400 g/mol. The third kappa shape index (κ3) is 3.76. The molecular formula is C24H26N8. The average molecular weight is 427 g/mol. The molecule has 8 heteroatoms. The van der Waals surface area contributed by atoms with Gasteiger partial charge in [-0.1, -0.05) is 62.4 Å². The Balaban J connectivity index is 0.00000245. The Morgan fingerprint density at radius 3 is 2.38 bits per heavy atom. The van der Waals surface area contributed by atoms with Crippen LogP contribution >= 0.6 is 0 Å². The maximum absolute atomic E-state index is 4.88. The summed E-state index contributed by atoms with van der Waals surface area (Å²) in [6.07, 6.45) is 3.71. The minimum Gasteiger partial charge on any atom is -0.344 e. The van der Waals surface area contributed by atoms with Gasteiger partial charge in [0.1, 0.15) is 11.3 Å². The Morgan fingerprint density at radius 2 is 1.69 bits per heavy atom. The molecule has 8 nitrogen and oxygen atoms in total. The highest BCUT2D eigenvalue weighted by Crippen LogP contribution is 2.30. The highest BCUT2D eigenvalue weighted by Gasteiger charge is 2.14. The third-order valence-electron chi connectivity index (χ3n) is 5.63. The van der Waals surface area contributed by atoms with Crippen molar-refractivity contribution >= 4 is 11.2 Å². The van der Waals surface area contributed by atoms with Crippen LogP contribution in [0.15, 0.2) is 60.8 Å². The van der Waals surface area contributed by atoms with Crippen molar-refractivity contribution in [3.05, 3.63) is 77.7 Å². The van der Waals surface area contributed by atoms with Crippen LogP contribution < -0.4 is 6.15 Å².